The largest absolute Gasteiger partial charge is 0.481 e. The lowest BCUT2D eigenvalue weighted by atomic mass is 9.82. The first-order chi connectivity index (χ1) is 11.9. The average molecular weight is 355 g/mol. The smallest absolute Gasteiger partial charge is 0.332 e. The van der Waals surface area contributed by atoms with Crippen LogP contribution < -0.4 is 0 Å². The highest BCUT2D eigenvalue weighted by molar-refractivity contribution is 5.92. The third-order valence-corrected chi connectivity index (χ3v) is 5.17. The summed E-state index contributed by atoms with van der Waals surface area (Å²) >= 11 is 0. The summed E-state index contributed by atoms with van der Waals surface area (Å²) in [5.41, 5.74) is 0.998. The number of hydrogen-bond acceptors (Lipinski definition) is 2. The van der Waals surface area contributed by atoms with E-state index in [1.54, 1.807) is 0 Å². The number of carbonyl (C=O) groups is 2. The summed E-state index contributed by atoms with van der Waals surface area (Å²) < 4.78 is 0. The molecule has 0 saturated carbocycles. The molecule has 0 aliphatic rings. The van der Waals surface area contributed by atoms with Crippen LogP contribution in [0.1, 0.15) is 98.3 Å². The fourth-order valence-electron chi connectivity index (χ4n) is 3.42. The number of aliphatic carboxylic acids is 2. The number of carboxylic acid groups (broad SMARTS) is 2. The zero-order valence-electron chi connectivity index (χ0n) is 16.6. The van der Waals surface area contributed by atoms with Gasteiger partial charge in [0.25, 0.3) is 0 Å². The summed E-state index contributed by atoms with van der Waals surface area (Å²) in [6.45, 7) is 8.61. The van der Waals surface area contributed by atoms with Gasteiger partial charge in [0, 0.05) is 5.57 Å². The highest BCUT2D eigenvalue weighted by Crippen LogP contribution is 2.31. The minimum absolute atomic E-state index is 0.123. The van der Waals surface area contributed by atoms with Crippen molar-refractivity contribution in [2.75, 3.05) is 0 Å². The van der Waals surface area contributed by atoms with Gasteiger partial charge in [-0.25, -0.2) is 4.79 Å². The number of rotatable bonds is 15. The second-order valence-electron chi connectivity index (χ2n) is 7.20. The average Bonchev–Trinajstić information content (AvgIpc) is 2.58. The Morgan fingerprint density at radius 1 is 0.800 bits per heavy atom. The summed E-state index contributed by atoms with van der Waals surface area (Å²) in [4.78, 5) is 22.9. The maximum Gasteiger partial charge on any atom is 0.332 e. The number of hydrogen-bond donors (Lipinski definition) is 2. The molecule has 0 heterocycles. The Hall–Kier alpha value is -1.32. The quantitative estimate of drug-likeness (QED) is 0.351. The molecule has 0 aromatic carbocycles. The van der Waals surface area contributed by atoms with E-state index in [1.807, 2.05) is 0 Å². The van der Waals surface area contributed by atoms with Gasteiger partial charge in [-0.2, -0.15) is 0 Å². The van der Waals surface area contributed by atoms with E-state index in [-0.39, 0.29) is 12.0 Å². The SMILES string of the molecule is CCCC[C@H](CC)CC(C[C@@H](CC)CCCC)=C(CC(=O)O)C(=O)O. The van der Waals surface area contributed by atoms with Gasteiger partial charge >= 0.3 is 11.9 Å². The van der Waals surface area contributed by atoms with Crippen LogP contribution in [-0.2, 0) is 9.59 Å². The van der Waals surface area contributed by atoms with E-state index in [4.69, 9.17) is 5.11 Å². The van der Waals surface area contributed by atoms with Crippen molar-refractivity contribution in [3.8, 4) is 0 Å². The molecule has 0 unspecified atom stereocenters. The molecule has 2 N–H and O–H groups in total. The fraction of sp³-hybridized carbons (Fsp3) is 0.810. The van der Waals surface area contributed by atoms with E-state index in [0.29, 0.717) is 11.8 Å². The number of carboxylic acids is 2. The van der Waals surface area contributed by atoms with Crippen LogP contribution in [0.2, 0.25) is 0 Å². The lowest BCUT2D eigenvalue weighted by Gasteiger charge is -2.23. The van der Waals surface area contributed by atoms with Gasteiger partial charge in [0.1, 0.15) is 0 Å². The van der Waals surface area contributed by atoms with E-state index in [1.165, 1.54) is 0 Å². The van der Waals surface area contributed by atoms with Gasteiger partial charge in [0.05, 0.1) is 6.42 Å². The Morgan fingerprint density at radius 2 is 1.24 bits per heavy atom. The number of unbranched alkanes of at least 4 members (excludes halogenated alkanes) is 2. The van der Waals surface area contributed by atoms with Crippen molar-refractivity contribution in [1.82, 2.24) is 0 Å². The summed E-state index contributed by atoms with van der Waals surface area (Å²) in [5.74, 6) is -1.23. The van der Waals surface area contributed by atoms with Crippen LogP contribution in [0.3, 0.4) is 0 Å². The van der Waals surface area contributed by atoms with Crippen molar-refractivity contribution < 1.29 is 19.8 Å². The lowest BCUT2D eigenvalue weighted by molar-refractivity contribution is -0.139. The second-order valence-corrected chi connectivity index (χ2v) is 7.20. The van der Waals surface area contributed by atoms with Crippen LogP contribution in [-0.4, -0.2) is 22.2 Å². The molecule has 0 aliphatic heterocycles. The predicted molar refractivity (Wildman–Crippen MR) is 103 cm³/mol. The van der Waals surface area contributed by atoms with E-state index in [0.717, 1.165) is 69.8 Å². The first-order valence-corrected chi connectivity index (χ1v) is 10.0. The van der Waals surface area contributed by atoms with Crippen molar-refractivity contribution in [3.63, 3.8) is 0 Å². The Balaban J connectivity index is 5.50. The van der Waals surface area contributed by atoms with Crippen LogP contribution >= 0.6 is 0 Å². The maximum atomic E-state index is 11.7. The van der Waals surface area contributed by atoms with Crippen LogP contribution in [0.5, 0.6) is 0 Å². The molecule has 0 fully saturated rings. The molecule has 0 rings (SSSR count). The van der Waals surface area contributed by atoms with E-state index < -0.39 is 11.9 Å². The van der Waals surface area contributed by atoms with Crippen LogP contribution in [0.4, 0.5) is 0 Å². The Bertz CT molecular complexity index is 406. The molecule has 0 aliphatic carbocycles. The molecule has 0 aromatic rings. The molecule has 0 saturated heterocycles. The standard InChI is InChI=1S/C21H38O4/c1-5-9-11-16(7-3)13-18(14-17(8-4)12-10-6-2)19(21(24)25)15-20(22)23/h16-17H,5-15H2,1-4H3,(H,22,23)(H,24,25)/t16-,17-/m0/s1. The molecule has 2 atom stereocenters. The Morgan fingerprint density at radius 3 is 1.52 bits per heavy atom. The van der Waals surface area contributed by atoms with E-state index in [9.17, 15) is 14.7 Å². The third kappa shape index (κ3) is 10.3. The molecular formula is C21H38O4. The predicted octanol–water partition coefficient (Wildman–Crippen LogP) is 6.06. The zero-order chi connectivity index (χ0) is 19.2. The molecule has 4 heteroatoms. The van der Waals surface area contributed by atoms with Crippen LogP contribution in [0, 0.1) is 11.8 Å². The van der Waals surface area contributed by atoms with Crippen molar-refractivity contribution in [3.05, 3.63) is 11.1 Å². The van der Waals surface area contributed by atoms with Gasteiger partial charge < -0.3 is 10.2 Å². The van der Waals surface area contributed by atoms with Gasteiger partial charge in [-0.05, 0) is 24.7 Å². The molecule has 146 valence electrons. The molecule has 25 heavy (non-hydrogen) atoms. The summed E-state index contributed by atoms with van der Waals surface area (Å²) in [7, 11) is 0. The zero-order valence-corrected chi connectivity index (χ0v) is 16.6. The van der Waals surface area contributed by atoms with Crippen molar-refractivity contribution >= 4 is 11.9 Å². The summed E-state index contributed by atoms with van der Waals surface area (Å²) in [6.07, 6.45) is 9.81. The highest BCUT2D eigenvalue weighted by Gasteiger charge is 2.22. The topological polar surface area (TPSA) is 74.6 Å². The monoisotopic (exact) mass is 354 g/mol. The molecule has 0 amide bonds. The molecule has 4 nitrogen and oxygen atoms in total. The molecule has 0 bridgehead atoms. The minimum atomic E-state index is -1.06. The summed E-state index contributed by atoms with van der Waals surface area (Å²) in [6, 6.07) is 0. The van der Waals surface area contributed by atoms with Gasteiger partial charge in [-0.1, -0.05) is 84.6 Å². The molecular weight excluding hydrogens is 316 g/mol. The maximum absolute atomic E-state index is 11.7. The lowest BCUT2D eigenvalue weighted by Crippen LogP contribution is -2.14. The minimum Gasteiger partial charge on any atom is -0.481 e. The Labute approximate surface area is 153 Å². The Kier molecular flexibility index (Phi) is 13.2. The van der Waals surface area contributed by atoms with Gasteiger partial charge in [0.2, 0.25) is 0 Å². The van der Waals surface area contributed by atoms with Gasteiger partial charge in [-0.3, -0.25) is 4.79 Å². The third-order valence-electron chi connectivity index (χ3n) is 5.17. The van der Waals surface area contributed by atoms with Crippen molar-refractivity contribution in [2.45, 2.75) is 98.3 Å². The van der Waals surface area contributed by atoms with Gasteiger partial charge in [-0.15, -0.1) is 0 Å². The van der Waals surface area contributed by atoms with E-state index in [2.05, 4.69) is 27.7 Å². The van der Waals surface area contributed by atoms with Gasteiger partial charge in [0.15, 0.2) is 0 Å². The van der Waals surface area contributed by atoms with E-state index >= 15 is 0 Å². The first kappa shape index (κ1) is 23.7. The summed E-state index contributed by atoms with van der Waals surface area (Å²) in [5, 5.41) is 18.7. The second kappa shape index (κ2) is 13.9. The molecule has 0 radical (unpaired) electrons. The van der Waals surface area contributed by atoms with Crippen LogP contribution in [0.15, 0.2) is 11.1 Å². The molecule has 0 aromatic heterocycles. The number of allylic oxidation sites excluding steroid dienone is 1. The fourth-order valence-corrected chi connectivity index (χ4v) is 3.42. The highest BCUT2D eigenvalue weighted by atomic mass is 16.4. The van der Waals surface area contributed by atoms with Crippen molar-refractivity contribution in [1.29, 1.82) is 0 Å². The first-order valence-electron chi connectivity index (χ1n) is 10.0. The molecule has 0 spiro atoms. The normalized spacial score (nSPS) is 13.3. The van der Waals surface area contributed by atoms with Crippen LogP contribution in [0.25, 0.3) is 0 Å². The van der Waals surface area contributed by atoms with Crippen molar-refractivity contribution in [2.24, 2.45) is 11.8 Å².